The smallest absolute Gasteiger partial charge is 0.309 e. The zero-order chi connectivity index (χ0) is 19.0. The molecule has 2 aromatic rings. The molecule has 7 heteroatoms. The van der Waals surface area contributed by atoms with Crippen molar-refractivity contribution >= 4 is 11.9 Å². The van der Waals surface area contributed by atoms with Gasteiger partial charge in [0, 0.05) is 13.1 Å². The highest BCUT2D eigenvalue weighted by Crippen LogP contribution is 2.39. The van der Waals surface area contributed by atoms with Gasteiger partial charge < -0.3 is 18.9 Å². The number of likely N-dealkylation sites (tertiary alicyclic amines) is 1. The van der Waals surface area contributed by atoms with E-state index in [1.54, 1.807) is 11.8 Å². The molecule has 1 aromatic carbocycles. The number of fused-ring (bicyclic) bond motifs is 3. The summed E-state index contributed by atoms with van der Waals surface area (Å²) in [7, 11) is 0. The molecule has 0 spiro atoms. The quantitative estimate of drug-likeness (QED) is 0.773. The average molecular weight is 370 g/mol. The van der Waals surface area contributed by atoms with E-state index in [2.05, 4.69) is 5.16 Å². The lowest BCUT2D eigenvalue weighted by atomic mass is 9.96. The maximum absolute atomic E-state index is 12.9. The van der Waals surface area contributed by atoms with Crippen LogP contribution in [-0.2, 0) is 16.1 Å². The van der Waals surface area contributed by atoms with E-state index in [9.17, 15) is 9.59 Å². The Morgan fingerprint density at radius 1 is 1.30 bits per heavy atom. The van der Waals surface area contributed by atoms with E-state index in [0.29, 0.717) is 49.6 Å². The third-order valence-electron chi connectivity index (χ3n) is 5.14. The third kappa shape index (κ3) is 3.18. The van der Waals surface area contributed by atoms with Crippen LogP contribution < -0.4 is 4.74 Å². The minimum atomic E-state index is -0.179. The minimum absolute atomic E-state index is 0.140. The number of benzene rings is 1. The Kier molecular flexibility index (Phi) is 4.59. The second-order valence-electron chi connectivity index (χ2n) is 6.95. The van der Waals surface area contributed by atoms with E-state index in [1.807, 2.05) is 25.1 Å². The molecule has 1 saturated heterocycles. The van der Waals surface area contributed by atoms with Crippen molar-refractivity contribution in [1.29, 1.82) is 0 Å². The highest BCUT2D eigenvalue weighted by atomic mass is 16.5. The number of rotatable bonds is 3. The van der Waals surface area contributed by atoms with E-state index >= 15 is 0 Å². The van der Waals surface area contributed by atoms with Gasteiger partial charge in [0.05, 0.1) is 23.7 Å². The first kappa shape index (κ1) is 17.6. The summed E-state index contributed by atoms with van der Waals surface area (Å²) in [5, 5.41) is 4.05. The molecule has 1 amide bonds. The Labute approximate surface area is 157 Å². The molecule has 7 nitrogen and oxygen atoms in total. The molecule has 0 saturated carbocycles. The Morgan fingerprint density at radius 3 is 2.81 bits per heavy atom. The fourth-order valence-electron chi connectivity index (χ4n) is 3.65. The van der Waals surface area contributed by atoms with Gasteiger partial charge in [-0.05, 0) is 38.8 Å². The summed E-state index contributed by atoms with van der Waals surface area (Å²) < 4.78 is 16.4. The molecule has 2 aliphatic heterocycles. The standard InChI is InChI=1S/C20H22N2O5/c1-3-25-20(24)13-6-8-22(9-7-13)19(23)17-15-11-26-16-5-4-12(2)10-14(16)18(15)27-21-17/h4-5,10,13H,3,6-9,11H2,1-2H3. The predicted molar refractivity (Wildman–Crippen MR) is 96.3 cm³/mol. The van der Waals surface area contributed by atoms with Gasteiger partial charge >= 0.3 is 5.97 Å². The van der Waals surface area contributed by atoms with Crippen molar-refractivity contribution in [3.63, 3.8) is 0 Å². The number of carbonyl (C=O) groups excluding carboxylic acids is 2. The first-order chi connectivity index (χ1) is 13.1. The number of nitrogens with zero attached hydrogens (tertiary/aromatic N) is 2. The summed E-state index contributed by atoms with van der Waals surface area (Å²) in [4.78, 5) is 26.5. The normalized spacial score (nSPS) is 16.3. The van der Waals surface area contributed by atoms with Crippen molar-refractivity contribution in [3.05, 3.63) is 35.0 Å². The third-order valence-corrected chi connectivity index (χ3v) is 5.14. The molecule has 4 rings (SSSR count). The van der Waals surface area contributed by atoms with Crippen LogP contribution >= 0.6 is 0 Å². The summed E-state index contributed by atoms with van der Waals surface area (Å²) >= 11 is 0. The Balaban J connectivity index is 1.51. The molecular weight excluding hydrogens is 348 g/mol. The number of carbonyl (C=O) groups is 2. The van der Waals surface area contributed by atoms with Crippen molar-refractivity contribution in [1.82, 2.24) is 10.1 Å². The van der Waals surface area contributed by atoms with E-state index in [1.165, 1.54) is 0 Å². The van der Waals surface area contributed by atoms with Crippen LogP contribution in [0.4, 0.5) is 0 Å². The molecule has 3 heterocycles. The van der Waals surface area contributed by atoms with Crippen LogP contribution in [0.3, 0.4) is 0 Å². The summed E-state index contributed by atoms with van der Waals surface area (Å²) in [6.07, 6.45) is 1.20. The van der Waals surface area contributed by atoms with Gasteiger partial charge in [0.1, 0.15) is 12.4 Å². The lowest BCUT2D eigenvalue weighted by molar-refractivity contribution is -0.149. The largest absolute Gasteiger partial charge is 0.488 e. The van der Waals surface area contributed by atoms with E-state index in [0.717, 1.165) is 16.9 Å². The van der Waals surface area contributed by atoms with Crippen LogP contribution in [0.1, 0.15) is 41.4 Å². The van der Waals surface area contributed by atoms with Crippen molar-refractivity contribution in [2.24, 2.45) is 5.92 Å². The van der Waals surface area contributed by atoms with E-state index in [-0.39, 0.29) is 24.4 Å². The van der Waals surface area contributed by atoms with Gasteiger partial charge in [-0.3, -0.25) is 9.59 Å². The maximum Gasteiger partial charge on any atom is 0.309 e. The van der Waals surface area contributed by atoms with Gasteiger partial charge in [-0.25, -0.2) is 0 Å². The van der Waals surface area contributed by atoms with Crippen molar-refractivity contribution in [2.75, 3.05) is 19.7 Å². The fourth-order valence-corrected chi connectivity index (χ4v) is 3.65. The number of ether oxygens (including phenoxy) is 2. The first-order valence-corrected chi connectivity index (χ1v) is 9.26. The van der Waals surface area contributed by atoms with Gasteiger partial charge in [-0.15, -0.1) is 0 Å². The Bertz CT molecular complexity index is 880. The zero-order valence-corrected chi connectivity index (χ0v) is 15.5. The lowest BCUT2D eigenvalue weighted by Crippen LogP contribution is -2.41. The summed E-state index contributed by atoms with van der Waals surface area (Å²) in [5.41, 5.74) is 2.89. The first-order valence-electron chi connectivity index (χ1n) is 9.26. The number of aryl methyl sites for hydroxylation is 1. The number of piperidine rings is 1. The summed E-state index contributed by atoms with van der Waals surface area (Å²) in [5.74, 6) is 0.840. The van der Waals surface area contributed by atoms with Crippen molar-refractivity contribution < 1.29 is 23.6 Å². The lowest BCUT2D eigenvalue weighted by Gasteiger charge is -2.30. The van der Waals surface area contributed by atoms with Crippen molar-refractivity contribution in [3.8, 4) is 17.1 Å². The summed E-state index contributed by atoms with van der Waals surface area (Å²) in [6.45, 7) is 5.43. The molecule has 0 N–H and O–H groups in total. The van der Waals surface area contributed by atoms with Crippen LogP contribution in [0.5, 0.6) is 5.75 Å². The minimum Gasteiger partial charge on any atom is -0.488 e. The van der Waals surface area contributed by atoms with Crippen LogP contribution in [0, 0.1) is 12.8 Å². The van der Waals surface area contributed by atoms with Crippen LogP contribution in [0.25, 0.3) is 11.3 Å². The molecule has 1 aromatic heterocycles. The van der Waals surface area contributed by atoms with Crippen LogP contribution in [-0.4, -0.2) is 41.6 Å². The van der Waals surface area contributed by atoms with Gasteiger partial charge in [0.25, 0.3) is 5.91 Å². The molecule has 27 heavy (non-hydrogen) atoms. The van der Waals surface area contributed by atoms with Gasteiger partial charge in [0.15, 0.2) is 11.5 Å². The van der Waals surface area contributed by atoms with Crippen molar-refractivity contribution in [2.45, 2.75) is 33.3 Å². The number of esters is 1. The molecule has 0 bridgehead atoms. The molecule has 0 aliphatic carbocycles. The van der Waals surface area contributed by atoms with Crippen LogP contribution in [0.2, 0.25) is 0 Å². The highest BCUT2D eigenvalue weighted by molar-refractivity contribution is 5.95. The maximum atomic E-state index is 12.9. The fraction of sp³-hybridized carbons (Fsp3) is 0.450. The Hall–Kier alpha value is -2.83. The number of hydrogen-bond donors (Lipinski definition) is 0. The van der Waals surface area contributed by atoms with E-state index < -0.39 is 0 Å². The molecule has 0 atom stereocenters. The number of aromatic nitrogens is 1. The number of amides is 1. The summed E-state index contributed by atoms with van der Waals surface area (Å²) in [6, 6.07) is 5.84. The number of hydrogen-bond acceptors (Lipinski definition) is 6. The monoisotopic (exact) mass is 370 g/mol. The molecular formula is C20H22N2O5. The van der Waals surface area contributed by atoms with Crippen LogP contribution in [0.15, 0.2) is 22.7 Å². The van der Waals surface area contributed by atoms with Gasteiger partial charge in [-0.1, -0.05) is 16.8 Å². The molecule has 142 valence electrons. The molecule has 2 aliphatic rings. The SMILES string of the molecule is CCOC(=O)C1CCN(C(=O)c2noc3c2COc2ccc(C)cc2-3)CC1. The van der Waals surface area contributed by atoms with Gasteiger partial charge in [0.2, 0.25) is 0 Å². The highest BCUT2D eigenvalue weighted by Gasteiger charge is 2.34. The average Bonchev–Trinajstić information content (AvgIpc) is 3.12. The zero-order valence-electron chi connectivity index (χ0n) is 15.5. The van der Waals surface area contributed by atoms with Gasteiger partial charge in [-0.2, -0.15) is 0 Å². The van der Waals surface area contributed by atoms with E-state index in [4.69, 9.17) is 14.0 Å². The topological polar surface area (TPSA) is 81.9 Å². The molecule has 0 unspecified atom stereocenters. The molecule has 1 fully saturated rings. The molecule has 0 radical (unpaired) electrons. The predicted octanol–water partition coefficient (Wildman–Crippen LogP) is 2.96. The second-order valence-corrected chi connectivity index (χ2v) is 6.95. The Morgan fingerprint density at radius 2 is 2.07 bits per heavy atom. The second kappa shape index (κ2) is 7.06.